The van der Waals surface area contributed by atoms with E-state index in [1.54, 1.807) is 26.2 Å². The van der Waals surface area contributed by atoms with Gasteiger partial charge in [0.2, 0.25) is 10.0 Å². The van der Waals surface area contributed by atoms with Crippen molar-refractivity contribution >= 4 is 15.7 Å². The Kier molecular flexibility index (Phi) is 5.62. The molecule has 0 radical (unpaired) electrons. The fourth-order valence-electron chi connectivity index (χ4n) is 1.88. The van der Waals surface area contributed by atoms with E-state index in [1.807, 2.05) is 6.92 Å². The molecule has 1 N–H and O–H groups in total. The molecule has 0 aliphatic rings. The number of benzene rings is 1. The summed E-state index contributed by atoms with van der Waals surface area (Å²) in [5, 5.41) is 9.52. The number of ether oxygens (including phenoxy) is 1. The van der Waals surface area contributed by atoms with Gasteiger partial charge in [0.25, 0.3) is 0 Å². The van der Waals surface area contributed by atoms with Crippen LogP contribution in [-0.2, 0) is 14.8 Å². The Morgan fingerprint density at radius 3 is 2.63 bits per heavy atom. The van der Waals surface area contributed by atoms with Gasteiger partial charge in [-0.2, -0.15) is 0 Å². The van der Waals surface area contributed by atoms with Crippen molar-refractivity contribution in [2.24, 2.45) is 0 Å². The summed E-state index contributed by atoms with van der Waals surface area (Å²) in [4.78, 5) is 0. The SMILES string of the molecule is CCN(c1cc(O)ccc1C)S(=O)(=O)CCCOC. The molecule has 0 bridgehead atoms. The molecular formula is C13H21NO4S. The van der Waals surface area contributed by atoms with E-state index >= 15 is 0 Å². The summed E-state index contributed by atoms with van der Waals surface area (Å²) in [5.74, 6) is 0.0928. The lowest BCUT2D eigenvalue weighted by Gasteiger charge is -2.24. The van der Waals surface area contributed by atoms with Crippen molar-refractivity contribution < 1.29 is 18.3 Å². The minimum absolute atomic E-state index is 0.0315. The molecule has 108 valence electrons. The molecular weight excluding hydrogens is 266 g/mol. The summed E-state index contributed by atoms with van der Waals surface area (Å²) in [6.45, 7) is 4.34. The van der Waals surface area contributed by atoms with Crippen LogP contribution in [0.4, 0.5) is 5.69 Å². The van der Waals surface area contributed by atoms with Gasteiger partial charge in [0.05, 0.1) is 11.4 Å². The molecule has 0 spiro atoms. The minimum atomic E-state index is -3.39. The van der Waals surface area contributed by atoms with Crippen molar-refractivity contribution in [1.82, 2.24) is 0 Å². The second kappa shape index (κ2) is 6.77. The second-order valence-corrected chi connectivity index (χ2v) is 6.31. The first kappa shape index (κ1) is 15.8. The van der Waals surface area contributed by atoms with Crippen LogP contribution >= 0.6 is 0 Å². The Hall–Kier alpha value is -1.27. The Morgan fingerprint density at radius 2 is 2.05 bits per heavy atom. The molecule has 0 aliphatic carbocycles. The first-order valence-corrected chi connectivity index (χ1v) is 7.82. The van der Waals surface area contributed by atoms with Gasteiger partial charge in [-0.25, -0.2) is 8.42 Å². The number of aromatic hydroxyl groups is 1. The molecule has 0 aliphatic heterocycles. The largest absolute Gasteiger partial charge is 0.508 e. The number of sulfonamides is 1. The van der Waals surface area contributed by atoms with E-state index in [9.17, 15) is 13.5 Å². The van der Waals surface area contributed by atoms with Gasteiger partial charge in [0.15, 0.2) is 0 Å². The molecule has 1 rings (SSSR count). The molecule has 0 atom stereocenters. The van der Waals surface area contributed by atoms with E-state index in [2.05, 4.69) is 0 Å². The zero-order valence-corrected chi connectivity index (χ0v) is 12.4. The van der Waals surface area contributed by atoms with E-state index in [1.165, 1.54) is 10.4 Å². The van der Waals surface area contributed by atoms with Gasteiger partial charge in [-0.15, -0.1) is 0 Å². The van der Waals surface area contributed by atoms with Gasteiger partial charge in [-0.1, -0.05) is 6.07 Å². The molecule has 1 aromatic carbocycles. The Morgan fingerprint density at radius 1 is 1.37 bits per heavy atom. The van der Waals surface area contributed by atoms with Crippen LogP contribution in [0, 0.1) is 6.92 Å². The van der Waals surface area contributed by atoms with E-state index < -0.39 is 10.0 Å². The summed E-state index contributed by atoms with van der Waals surface area (Å²) in [5.41, 5.74) is 1.34. The number of phenols is 1. The molecule has 0 saturated carbocycles. The van der Waals surface area contributed by atoms with Crippen molar-refractivity contribution in [2.45, 2.75) is 20.3 Å². The second-order valence-electron chi connectivity index (χ2n) is 4.30. The third-order valence-corrected chi connectivity index (χ3v) is 4.77. The van der Waals surface area contributed by atoms with Crippen molar-refractivity contribution in [3.05, 3.63) is 23.8 Å². The van der Waals surface area contributed by atoms with Crippen LogP contribution in [0.25, 0.3) is 0 Å². The molecule has 0 unspecified atom stereocenters. The van der Waals surface area contributed by atoms with Crippen molar-refractivity contribution in [3.63, 3.8) is 0 Å². The topological polar surface area (TPSA) is 66.8 Å². The lowest BCUT2D eigenvalue weighted by atomic mass is 10.2. The van der Waals surface area contributed by atoms with Crippen LogP contribution in [0.5, 0.6) is 5.75 Å². The summed E-state index contributed by atoms with van der Waals surface area (Å²) in [7, 11) is -1.85. The summed E-state index contributed by atoms with van der Waals surface area (Å²) in [6.07, 6.45) is 0.452. The summed E-state index contributed by atoms with van der Waals surface area (Å²) in [6, 6.07) is 4.73. The quantitative estimate of drug-likeness (QED) is 0.778. The lowest BCUT2D eigenvalue weighted by Crippen LogP contribution is -2.33. The van der Waals surface area contributed by atoms with Gasteiger partial charge in [0, 0.05) is 26.3 Å². The predicted molar refractivity (Wildman–Crippen MR) is 76.1 cm³/mol. The fourth-order valence-corrected chi connectivity index (χ4v) is 3.47. The first-order valence-electron chi connectivity index (χ1n) is 6.21. The number of phenolic OH excluding ortho intramolecular Hbond substituents is 1. The van der Waals surface area contributed by atoms with E-state index in [0.717, 1.165) is 5.56 Å². The summed E-state index contributed by atoms with van der Waals surface area (Å²) < 4.78 is 30.8. The lowest BCUT2D eigenvalue weighted by molar-refractivity contribution is 0.199. The van der Waals surface area contributed by atoms with Gasteiger partial charge in [-0.3, -0.25) is 4.31 Å². The number of hydrogen-bond donors (Lipinski definition) is 1. The van der Waals surface area contributed by atoms with Gasteiger partial charge < -0.3 is 9.84 Å². The van der Waals surface area contributed by atoms with Crippen LogP contribution in [0.2, 0.25) is 0 Å². The zero-order valence-electron chi connectivity index (χ0n) is 11.6. The number of anilines is 1. The van der Waals surface area contributed by atoms with E-state index in [0.29, 0.717) is 25.3 Å². The van der Waals surface area contributed by atoms with Crippen LogP contribution in [-0.4, -0.2) is 39.5 Å². The van der Waals surface area contributed by atoms with Gasteiger partial charge >= 0.3 is 0 Å². The van der Waals surface area contributed by atoms with Crippen LogP contribution in [0.15, 0.2) is 18.2 Å². The molecule has 19 heavy (non-hydrogen) atoms. The highest BCUT2D eigenvalue weighted by molar-refractivity contribution is 7.92. The fraction of sp³-hybridized carbons (Fsp3) is 0.538. The van der Waals surface area contributed by atoms with Crippen LogP contribution in [0.1, 0.15) is 18.9 Å². The number of aryl methyl sites for hydroxylation is 1. The molecule has 6 heteroatoms. The zero-order chi connectivity index (χ0) is 14.5. The molecule has 0 aromatic heterocycles. The highest BCUT2D eigenvalue weighted by atomic mass is 32.2. The average molecular weight is 287 g/mol. The minimum Gasteiger partial charge on any atom is -0.508 e. The molecule has 1 aromatic rings. The van der Waals surface area contributed by atoms with Crippen LogP contribution in [0.3, 0.4) is 0 Å². The number of hydrogen-bond acceptors (Lipinski definition) is 4. The number of nitrogens with zero attached hydrogens (tertiary/aromatic N) is 1. The predicted octanol–water partition coefficient (Wildman–Crippen LogP) is 1.89. The Labute approximate surface area is 114 Å². The van der Waals surface area contributed by atoms with E-state index in [-0.39, 0.29) is 11.5 Å². The Balaban J connectivity index is 3.02. The maximum absolute atomic E-state index is 12.3. The van der Waals surface area contributed by atoms with E-state index in [4.69, 9.17) is 4.74 Å². The van der Waals surface area contributed by atoms with Crippen LogP contribution < -0.4 is 4.31 Å². The third kappa shape index (κ3) is 4.11. The monoisotopic (exact) mass is 287 g/mol. The van der Waals surface area contributed by atoms with Crippen molar-refractivity contribution in [2.75, 3.05) is 30.3 Å². The normalized spacial score (nSPS) is 11.5. The summed E-state index contributed by atoms with van der Waals surface area (Å²) >= 11 is 0. The standard InChI is InChI=1S/C13H21NO4S/c1-4-14(19(16,17)9-5-8-18-3)13-10-12(15)7-6-11(13)2/h6-7,10,15H,4-5,8-9H2,1-3H3. The smallest absolute Gasteiger partial charge is 0.235 e. The maximum Gasteiger partial charge on any atom is 0.235 e. The average Bonchev–Trinajstić information content (AvgIpc) is 2.34. The maximum atomic E-state index is 12.3. The van der Waals surface area contributed by atoms with Gasteiger partial charge in [-0.05, 0) is 31.9 Å². The Bertz CT molecular complexity index is 513. The highest BCUT2D eigenvalue weighted by Crippen LogP contribution is 2.27. The molecule has 0 amide bonds. The molecule has 5 nitrogen and oxygen atoms in total. The molecule has 0 heterocycles. The molecule has 0 fully saturated rings. The van der Waals surface area contributed by atoms with Crippen molar-refractivity contribution in [1.29, 1.82) is 0 Å². The first-order chi connectivity index (χ1) is 8.92. The third-order valence-electron chi connectivity index (χ3n) is 2.84. The molecule has 0 saturated heterocycles. The number of methoxy groups -OCH3 is 1. The van der Waals surface area contributed by atoms with Crippen molar-refractivity contribution in [3.8, 4) is 5.75 Å². The van der Waals surface area contributed by atoms with Gasteiger partial charge in [0.1, 0.15) is 5.75 Å². The highest BCUT2D eigenvalue weighted by Gasteiger charge is 2.22. The number of rotatable bonds is 7.